The van der Waals surface area contributed by atoms with Crippen molar-refractivity contribution < 1.29 is 9.50 Å². The van der Waals surface area contributed by atoms with E-state index in [0.717, 1.165) is 0 Å². The molecule has 3 nitrogen and oxygen atoms in total. The Balaban J connectivity index is 2.99. The van der Waals surface area contributed by atoms with E-state index >= 15 is 0 Å². The Kier molecular flexibility index (Phi) is 3.36. The van der Waals surface area contributed by atoms with Gasteiger partial charge in [0.2, 0.25) is 0 Å². The third kappa shape index (κ3) is 2.24. The molecule has 0 fully saturated rings. The molecule has 1 aromatic rings. The number of rotatable bonds is 3. The largest absolute Gasteiger partial charge is 0.394 e. The summed E-state index contributed by atoms with van der Waals surface area (Å²) in [6.45, 7) is -0.0204. The second-order valence-corrected chi connectivity index (χ2v) is 2.84. The van der Waals surface area contributed by atoms with Crippen molar-refractivity contribution >= 4 is 0 Å². The summed E-state index contributed by atoms with van der Waals surface area (Å²) in [5, 5.41) is 8.77. The van der Waals surface area contributed by atoms with Crippen LogP contribution in [0.1, 0.15) is 17.2 Å². The first-order valence-corrected chi connectivity index (χ1v) is 4.04. The Labute approximate surface area is 76.2 Å². The Hall–Kier alpha value is -0.970. The van der Waals surface area contributed by atoms with Crippen molar-refractivity contribution in [1.29, 1.82) is 0 Å². The van der Waals surface area contributed by atoms with Gasteiger partial charge in [-0.05, 0) is 17.7 Å². The molecule has 0 unspecified atom stereocenters. The molecular formula is C9H13FN2O. The maximum Gasteiger partial charge on any atom is 0.127 e. The van der Waals surface area contributed by atoms with Gasteiger partial charge >= 0.3 is 0 Å². The summed E-state index contributed by atoms with van der Waals surface area (Å²) >= 11 is 0. The van der Waals surface area contributed by atoms with Crippen LogP contribution in [0.15, 0.2) is 18.2 Å². The fourth-order valence-corrected chi connectivity index (χ4v) is 1.09. The summed E-state index contributed by atoms with van der Waals surface area (Å²) < 4.78 is 13.0. The molecule has 0 saturated heterocycles. The van der Waals surface area contributed by atoms with Gasteiger partial charge in [0.25, 0.3) is 0 Å². The molecule has 5 N–H and O–H groups in total. The van der Waals surface area contributed by atoms with Crippen LogP contribution < -0.4 is 11.5 Å². The van der Waals surface area contributed by atoms with Crippen LogP contribution in [0.2, 0.25) is 0 Å². The summed E-state index contributed by atoms with van der Waals surface area (Å²) in [6, 6.07) is 3.98. The monoisotopic (exact) mass is 184 g/mol. The first-order chi connectivity index (χ1) is 6.19. The molecule has 1 aromatic carbocycles. The van der Waals surface area contributed by atoms with Gasteiger partial charge in [-0.3, -0.25) is 0 Å². The van der Waals surface area contributed by atoms with Gasteiger partial charge in [0.05, 0.1) is 12.6 Å². The van der Waals surface area contributed by atoms with Crippen LogP contribution in [-0.4, -0.2) is 11.7 Å². The van der Waals surface area contributed by atoms with Crippen molar-refractivity contribution in [2.75, 3.05) is 6.61 Å². The number of halogens is 1. The van der Waals surface area contributed by atoms with E-state index in [0.29, 0.717) is 11.1 Å². The number of nitrogens with two attached hydrogens (primary N) is 2. The smallest absolute Gasteiger partial charge is 0.127 e. The SMILES string of the molecule is NCc1cc([C@H](N)CO)ccc1F. The van der Waals surface area contributed by atoms with Crippen molar-refractivity contribution in [2.24, 2.45) is 11.5 Å². The first-order valence-electron chi connectivity index (χ1n) is 4.04. The van der Waals surface area contributed by atoms with E-state index in [-0.39, 0.29) is 19.0 Å². The van der Waals surface area contributed by atoms with Gasteiger partial charge in [-0.25, -0.2) is 4.39 Å². The van der Waals surface area contributed by atoms with Crippen molar-refractivity contribution in [1.82, 2.24) is 0 Å². The van der Waals surface area contributed by atoms with Crippen molar-refractivity contribution in [3.8, 4) is 0 Å². The Morgan fingerprint density at radius 1 is 1.46 bits per heavy atom. The number of hydrogen-bond acceptors (Lipinski definition) is 3. The summed E-state index contributed by atoms with van der Waals surface area (Å²) in [4.78, 5) is 0. The molecule has 0 spiro atoms. The number of aliphatic hydroxyl groups is 1. The van der Waals surface area contributed by atoms with E-state index in [4.69, 9.17) is 16.6 Å². The molecule has 0 aliphatic carbocycles. The molecule has 0 saturated carbocycles. The second kappa shape index (κ2) is 4.32. The quantitative estimate of drug-likeness (QED) is 0.631. The first kappa shape index (κ1) is 10.1. The van der Waals surface area contributed by atoms with Crippen LogP contribution in [0.3, 0.4) is 0 Å². The van der Waals surface area contributed by atoms with E-state index in [1.807, 2.05) is 0 Å². The van der Waals surface area contributed by atoms with E-state index in [9.17, 15) is 4.39 Å². The van der Waals surface area contributed by atoms with Gasteiger partial charge in [-0.2, -0.15) is 0 Å². The third-order valence-corrected chi connectivity index (χ3v) is 1.91. The summed E-state index contributed by atoms with van der Waals surface area (Å²) in [5.41, 5.74) is 12.0. The lowest BCUT2D eigenvalue weighted by Crippen LogP contribution is -2.15. The van der Waals surface area contributed by atoms with Crippen LogP contribution in [0.4, 0.5) is 4.39 Å². The van der Waals surface area contributed by atoms with Crippen molar-refractivity contribution in [2.45, 2.75) is 12.6 Å². The highest BCUT2D eigenvalue weighted by Gasteiger charge is 2.07. The van der Waals surface area contributed by atoms with E-state index in [1.54, 1.807) is 12.1 Å². The average Bonchev–Trinajstić information content (AvgIpc) is 2.17. The van der Waals surface area contributed by atoms with Gasteiger partial charge in [0, 0.05) is 12.1 Å². The highest BCUT2D eigenvalue weighted by Crippen LogP contribution is 2.14. The molecule has 0 aliphatic heterocycles. The average molecular weight is 184 g/mol. The fraction of sp³-hybridized carbons (Fsp3) is 0.333. The van der Waals surface area contributed by atoms with Crippen molar-refractivity contribution in [3.05, 3.63) is 35.1 Å². The summed E-state index contributed by atoms with van der Waals surface area (Å²) in [5.74, 6) is -0.337. The zero-order valence-corrected chi connectivity index (χ0v) is 7.20. The molecule has 13 heavy (non-hydrogen) atoms. The summed E-state index contributed by atoms with van der Waals surface area (Å²) in [7, 11) is 0. The Morgan fingerprint density at radius 3 is 2.69 bits per heavy atom. The minimum atomic E-state index is -0.467. The molecule has 0 aromatic heterocycles. The molecule has 0 radical (unpaired) electrons. The van der Waals surface area contributed by atoms with Crippen LogP contribution in [0.25, 0.3) is 0 Å². The normalized spacial score (nSPS) is 12.9. The highest BCUT2D eigenvalue weighted by atomic mass is 19.1. The number of aliphatic hydroxyl groups excluding tert-OH is 1. The molecule has 0 heterocycles. The van der Waals surface area contributed by atoms with Crippen LogP contribution in [0.5, 0.6) is 0 Å². The Bertz CT molecular complexity index is 291. The van der Waals surface area contributed by atoms with Crippen LogP contribution >= 0.6 is 0 Å². The maximum absolute atomic E-state index is 13.0. The molecule has 1 rings (SSSR count). The number of benzene rings is 1. The topological polar surface area (TPSA) is 72.3 Å². The number of hydrogen-bond donors (Lipinski definition) is 3. The third-order valence-electron chi connectivity index (χ3n) is 1.91. The molecule has 1 atom stereocenters. The lowest BCUT2D eigenvalue weighted by atomic mass is 10.0. The van der Waals surface area contributed by atoms with Crippen molar-refractivity contribution in [3.63, 3.8) is 0 Å². The lowest BCUT2D eigenvalue weighted by Gasteiger charge is -2.10. The summed E-state index contributed by atoms with van der Waals surface area (Å²) in [6.07, 6.45) is 0. The zero-order chi connectivity index (χ0) is 9.84. The lowest BCUT2D eigenvalue weighted by molar-refractivity contribution is 0.268. The van der Waals surface area contributed by atoms with E-state index < -0.39 is 6.04 Å². The van der Waals surface area contributed by atoms with Gasteiger partial charge in [0.15, 0.2) is 0 Å². The van der Waals surface area contributed by atoms with Gasteiger partial charge in [-0.15, -0.1) is 0 Å². The van der Waals surface area contributed by atoms with E-state index in [2.05, 4.69) is 0 Å². The predicted octanol–water partition coefficient (Wildman–Crippen LogP) is 0.276. The predicted molar refractivity (Wildman–Crippen MR) is 48.3 cm³/mol. The molecular weight excluding hydrogens is 171 g/mol. The maximum atomic E-state index is 13.0. The molecule has 4 heteroatoms. The minimum Gasteiger partial charge on any atom is -0.394 e. The van der Waals surface area contributed by atoms with Crippen LogP contribution in [-0.2, 0) is 6.54 Å². The molecule has 0 aliphatic rings. The fourth-order valence-electron chi connectivity index (χ4n) is 1.09. The van der Waals surface area contributed by atoms with Crippen LogP contribution in [0, 0.1) is 5.82 Å². The van der Waals surface area contributed by atoms with Gasteiger partial charge in [-0.1, -0.05) is 6.07 Å². The van der Waals surface area contributed by atoms with E-state index in [1.165, 1.54) is 6.07 Å². The van der Waals surface area contributed by atoms with Gasteiger partial charge < -0.3 is 16.6 Å². The molecule has 0 amide bonds. The minimum absolute atomic E-state index is 0.137. The Morgan fingerprint density at radius 2 is 2.15 bits per heavy atom. The highest BCUT2D eigenvalue weighted by molar-refractivity contribution is 5.27. The molecule has 72 valence electrons. The zero-order valence-electron chi connectivity index (χ0n) is 7.20. The standard InChI is InChI=1S/C9H13FN2O/c10-8-2-1-6(9(12)5-13)3-7(8)4-11/h1-3,9,13H,4-5,11-12H2/t9-/m1/s1. The second-order valence-electron chi connectivity index (χ2n) is 2.84. The molecule has 0 bridgehead atoms. The van der Waals surface area contributed by atoms with Gasteiger partial charge in [0.1, 0.15) is 5.82 Å².